The summed E-state index contributed by atoms with van der Waals surface area (Å²) in [7, 11) is 3.10. The van der Waals surface area contributed by atoms with Gasteiger partial charge in [0.2, 0.25) is 0 Å². The van der Waals surface area contributed by atoms with Crippen LogP contribution >= 0.6 is 0 Å². The van der Waals surface area contributed by atoms with Gasteiger partial charge in [-0.15, -0.1) is 0 Å². The van der Waals surface area contributed by atoms with Gasteiger partial charge in [0, 0.05) is 6.07 Å². The number of nitrogens with zero attached hydrogens (tertiary/aromatic N) is 2. The second-order valence-electron chi connectivity index (χ2n) is 3.90. The SMILES string of the molecule is COc1ccc(OC)c(-n2ncc(C(=O)O)c2C)c1. The molecule has 1 heterocycles. The Morgan fingerprint density at radius 3 is 2.58 bits per heavy atom. The van der Waals surface area contributed by atoms with E-state index in [4.69, 9.17) is 14.6 Å². The lowest BCUT2D eigenvalue weighted by Crippen LogP contribution is -2.04. The van der Waals surface area contributed by atoms with Gasteiger partial charge in [-0.25, -0.2) is 9.48 Å². The molecule has 0 aliphatic rings. The molecule has 1 N–H and O–H groups in total. The summed E-state index contributed by atoms with van der Waals surface area (Å²) < 4.78 is 11.9. The van der Waals surface area contributed by atoms with Crippen molar-refractivity contribution in [3.8, 4) is 17.2 Å². The van der Waals surface area contributed by atoms with E-state index in [9.17, 15) is 4.79 Å². The maximum absolute atomic E-state index is 11.0. The summed E-state index contributed by atoms with van der Waals surface area (Å²) >= 11 is 0. The average molecular weight is 262 g/mol. The molecule has 0 saturated carbocycles. The van der Waals surface area contributed by atoms with Crippen molar-refractivity contribution in [2.24, 2.45) is 0 Å². The lowest BCUT2D eigenvalue weighted by molar-refractivity contribution is 0.0696. The van der Waals surface area contributed by atoms with Crippen LogP contribution in [0.3, 0.4) is 0 Å². The fourth-order valence-electron chi connectivity index (χ4n) is 1.82. The number of aromatic carboxylic acids is 1. The van der Waals surface area contributed by atoms with Gasteiger partial charge in [-0.3, -0.25) is 0 Å². The lowest BCUT2D eigenvalue weighted by atomic mass is 10.2. The van der Waals surface area contributed by atoms with Gasteiger partial charge in [0.15, 0.2) is 0 Å². The number of carbonyl (C=O) groups is 1. The standard InChI is InChI=1S/C13H14N2O4/c1-8-10(13(16)17)7-14-15(8)11-6-9(18-2)4-5-12(11)19-3/h4-7H,1-3H3,(H,16,17). The fraction of sp³-hybridized carbons (Fsp3) is 0.231. The first kappa shape index (κ1) is 12.9. The van der Waals surface area contributed by atoms with Crippen molar-refractivity contribution in [2.45, 2.75) is 6.92 Å². The van der Waals surface area contributed by atoms with Crippen LogP contribution in [0.2, 0.25) is 0 Å². The van der Waals surface area contributed by atoms with Crippen molar-refractivity contribution in [3.05, 3.63) is 35.7 Å². The van der Waals surface area contributed by atoms with Crippen LogP contribution in [0.4, 0.5) is 0 Å². The zero-order valence-corrected chi connectivity index (χ0v) is 10.9. The number of carboxylic acid groups (broad SMARTS) is 1. The summed E-state index contributed by atoms with van der Waals surface area (Å²) in [4.78, 5) is 11.0. The van der Waals surface area contributed by atoms with E-state index >= 15 is 0 Å². The van der Waals surface area contributed by atoms with Crippen LogP contribution in [0.15, 0.2) is 24.4 Å². The molecule has 6 nitrogen and oxygen atoms in total. The Morgan fingerprint density at radius 2 is 2.05 bits per heavy atom. The van der Waals surface area contributed by atoms with E-state index in [2.05, 4.69) is 5.10 Å². The molecule has 2 aromatic rings. The highest BCUT2D eigenvalue weighted by molar-refractivity contribution is 5.88. The minimum Gasteiger partial charge on any atom is -0.497 e. The van der Waals surface area contributed by atoms with Gasteiger partial charge in [-0.05, 0) is 19.1 Å². The lowest BCUT2D eigenvalue weighted by Gasteiger charge is -2.11. The largest absolute Gasteiger partial charge is 0.497 e. The number of rotatable bonds is 4. The van der Waals surface area contributed by atoms with Crippen molar-refractivity contribution in [1.29, 1.82) is 0 Å². The number of hydrogen-bond acceptors (Lipinski definition) is 4. The molecule has 0 bridgehead atoms. The summed E-state index contributed by atoms with van der Waals surface area (Å²) in [6, 6.07) is 5.25. The third kappa shape index (κ3) is 2.24. The van der Waals surface area contributed by atoms with Crippen molar-refractivity contribution in [1.82, 2.24) is 9.78 Å². The van der Waals surface area contributed by atoms with Crippen LogP contribution in [0, 0.1) is 6.92 Å². The highest BCUT2D eigenvalue weighted by Crippen LogP contribution is 2.28. The molecule has 0 atom stereocenters. The molecule has 0 amide bonds. The maximum atomic E-state index is 11.0. The molecule has 0 unspecified atom stereocenters. The molecule has 100 valence electrons. The van der Waals surface area contributed by atoms with Gasteiger partial charge in [-0.2, -0.15) is 5.10 Å². The number of methoxy groups -OCH3 is 2. The monoisotopic (exact) mass is 262 g/mol. The van der Waals surface area contributed by atoms with E-state index < -0.39 is 5.97 Å². The highest BCUT2D eigenvalue weighted by Gasteiger charge is 2.16. The average Bonchev–Trinajstić information content (AvgIpc) is 2.79. The Balaban J connectivity index is 2.60. The summed E-state index contributed by atoms with van der Waals surface area (Å²) in [5, 5.41) is 13.1. The summed E-state index contributed by atoms with van der Waals surface area (Å²) in [5.74, 6) is 0.220. The first-order valence-corrected chi connectivity index (χ1v) is 5.58. The zero-order chi connectivity index (χ0) is 14.0. The molecule has 0 saturated heterocycles. The predicted octanol–water partition coefficient (Wildman–Crippen LogP) is 1.90. The van der Waals surface area contributed by atoms with E-state index in [0.717, 1.165) is 0 Å². The molecule has 0 aliphatic heterocycles. The van der Waals surface area contributed by atoms with Gasteiger partial charge in [0.05, 0.1) is 26.1 Å². The smallest absolute Gasteiger partial charge is 0.339 e. The molecule has 0 radical (unpaired) electrons. The molecule has 2 rings (SSSR count). The Morgan fingerprint density at radius 1 is 1.32 bits per heavy atom. The molecule has 0 spiro atoms. The summed E-state index contributed by atoms with van der Waals surface area (Å²) in [6.45, 7) is 1.69. The van der Waals surface area contributed by atoms with E-state index in [1.54, 1.807) is 39.3 Å². The normalized spacial score (nSPS) is 10.3. The van der Waals surface area contributed by atoms with Gasteiger partial charge >= 0.3 is 5.97 Å². The Kier molecular flexibility index (Phi) is 3.41. The van der Waals surface area contributed by atoms with Crippen LogP contribution in [-0.4, -0.2) is 35.1 Å². The van der Waals surface area contributed by atoms with Crippen LogP contribution in [0.1, 0.15) is 16.1 Å². The number of benzene rings is 1. The number of hydrogen-bond donors (Lipinski definition) is 1. The van der Waals surface area contributed by atoms with Gasteiger partial charge in [0.1, 0.15) is 22.7 Å². The first-order chi connectivity index (χ1) is 9.08. The van der Waals surface area contributed by atoms with Crippen molar-refractivity contribution >= 4 is 5.97 Å². The Hall–Kier alpha value is -2.50. The van der Waals surface area contributed by atoms with Crippen LogP contribution in [0.5, 0.6) is 11.5 Å². The molecule has 0 aliphatic carbocycles. The van der Waals surface area contributed by atoms with Gasteiger partial charge < -0.3 is 14.6 Å². The van der Waals surface area contributed by atoms with Crippen LogP contribution < -0.4 is 9.47 Å². The maximum Gasteiger partial charge on any atom is 0.339 e. The molecule has 0 fully saturated rings. The fourth-order valence-corrected chi connectivity index (χ4v) is 1.82. The number of ether oxygens (including phenoxy) is 2. The van der Waals surface area contributed by atoms with Crippen molar-refractivity contribution in [3.63, 3.8) is 0 Å². The van der Waals surface area contributed by atoms with Crippen molar-refractivity contribution < 1.29 is 19.4 Å². The van der Waals surface area contributed by atoms with E-state index in [0.29, 0.717) is 22.9 Å². The summed E-state index contributed by atoms with van der Waals surface area (Å²) in [5.41, 5.74) is 1.32. The molecular weight excluding hydrogens is 248 g/mol. The third-order valence-corrected chi connectivity index (χ3v) is 2.85. The Bertz CT molecular complexity index is 619. The topological polar surface area (TPSA) is 73.6 Å². The Labute approximate surface area is 110 Å². The quantitative estimate of drug-likeness (QED) is 0.910. The van der Waals surface area contributed by atoms with Crippen LogP contribution in [-0.2, 0) is 0 Å². The molecular formula is C13H14N2O4. The number of carboxylic acids is 1. The second kappa shape index (κ2) is 5.01. The predicted molar refractivity (Wildman–Crippen MR) is 68.4 cm³/mol. The first-order valence-electron chi connectivity index (χ1n) is 5.58. The second-order valence-corrected chi connectivity index (χ2v) is 3.90. The third-order valence-electron chi connectivity index (χ3n) is 2.85. The number of aromatic nitrogens is 2. The molecule has 1 aromatic heterocycles. The van der Waals surface area contributed by atoms with E-state index in [1.807, 2.05) is 0 Å². The molecule has 19 heavy (non-hydrogen) atoms. The van der Waals surface area contributed by atoms with Crippen LogP contribution in [0.25, 0.3) is 5.69 Å². The zero-order valence-electron chi connectivity index (χ0n) is 10.9. The highest BCUT2D eigenvalue weighted by atomic mass is 16.5. The van der Waals surface area contributed by atoms with Gasteiger partial charge in [-0.1, -0.05) is 0 Å². The van der Waals surface area contributed by atoms with E-state index in [1.165, 1.54) is 10.9 Å². The minimum absolute atomic E-state index is 0.157. The van der Waals surface area contributed by atoms with E-state index in [-0.39, 0.29) is 5.56 Å². The summed E-state index contributed by atoms with van der Waals surface area (Å²) in [6.07, 6.45) is 1.32. The molecule has 1 aromatic carbocycles. The molecule has 6 heteroatoms. The minimum atomic E-state index is -1.01. The van der Waals surface area contributed by atoms with Gasteiger partial charge in [0.25, 0.3) is 0 Å². The van der Waals surface area contributed by atoms with Crippen molar-refractivity contribution in [2.75, 3.05) is 14.2 Å².